The Morgan fingerprint density at radius 1 is 1.35 bits per heavy atom. The molecule has 0 fully saturated rings. The summed E-state index contributed by atoms with van der Waals surface area (Å²) in [5, 5.41) is 8.39. The minimum absolute atomic E-state index is 0.163. The molecule has 1 aliphatic rings. The number of carbonyl (C=O) groups excluding carboxylic acids is 1. The zero-order chi connectivity index (χ0) is 12.3. The summed E-state index contributed by atoms with van der Waals surface area (Å²) in [5.41, 5.74) is 3.21. The molecule has 0 atom stereocenters. The smallest absolute Gasteiger partial charge is 0.306 e. The number of hydrogen-bond acceptors (Lipinski definition) is 2. The Morgan fingerprint density at radius 2 is 2.18 bits per heavy atom. The Balaban J connectivity index is 2.04. The van der Waals surface area contributed by atoms with Crippen molar-refractivity contribution in [2.24, 2.45) is 5.10 Å². The lowest BCUT2D eigenvalue weighted by atomic mass is 10.1. The van der Waals surface area contributed by atoms with Gasteiger partial charge in [0.15, 0.2) is 0 Å². The Hall–Kier alpha value is -1.84. The van der Waals surface area contributed by atoms with E-state index in [1.54, 1.807) is 6.21 Å². The number of hydrogen-bond donors (Lipinski definition) is 1. The summed E-state index contributed by atoms with van der Waals surface area (Å²) in [5.74, 6) is 0. The van der Waals surface area contributed by atoms with Crippen LogP contribution in [0.25, 0.3) is 0 Å². The zero-order valence-electron chi connectivity index (χ0n) is 10.2. The van der Waals surface area contributed by atoms with Crippen LogP contribution in [0.2, 0.25) is 0 Å². The summed E-state index contributed by atoms with van der Waals surface area (Å²) in [6.45, 7) is 4.77. The molecule has 0 bridgehead atoms. The van der Waals surface area contributed by atoms with Crippen molar-refractivity contribution in [3.63, 3.8) is 0 Å². The van der Waals surface area contributed by atoms with Crippen LogP contribution in [-0.2, 0) is 0 Å². The highest BCUT2D eigenvalue weighted by molar-refractivity contribution is 5.89. The van der Waals surface area contributed by atoms with Crippen molar-refractivity contribution in [3.05, 3.63) is 29.3 Å². The molecule has 17 heavy (non-hydrogen) atoms. The average molecular weight is 231 g/mol. The van der Waals surface area contributed by atoms with Crippen LogP contribution < -0.4 is 5.32 Å². The van der Waals surface area contributed by atoms with Crippen molar-refractivity contribution >= 4 is 17.9 Å². The van der Waals surface area contributed by atoms with Crippen LogP contribution >= 0.6 is 0 Å². The third-order valence-electron chi connectivity index (χ3n) is 2.92. The van der Waals surface area contributed by atoms with Gasteiger partial charge in [0.05, 0.1) is 0 Å². The maximum absolute atomic E-state index is 11.9. The monoisotopic (exact) mass is 231 g/mol. The summed E-state index contributed by atoms with van der Waals surface area (Å²) in [4.78, 5) is 11.9. The molecule has 2 amide bonds. The fraction of sp³-hybridized carbons (Fsp3) is 0.385. The van der Waals surface area contributed by atoms with E-state index in [4.69, 9.17) is 0 Å². The van der Waals surface area contributed by atoms with E-state index >= 15 is 0 Å². The second-order valence-electron chi connectivity index (χ2n) is 4.29. The summed E-state index contributed by atoms with van der Waals surface area (Å²) >= 11 is 0. The van der Waals surface area contributed by atoms with Crippen LogP contribution in [0.1, 0.15) is 24.0 Å². The molecule has 90 valence electrons. The van der Waals surface area contributed by atoms with Gasteiger partial charge in [-0.2, -0.15) is 5.10 Å². The van der Waals surface area contributed by atoms with Gasteiger partial charge in [0.25, 0.3) is 0 Å². The lowest BCUT2D eigenvalue weighted by molar-refractivity contribution is 0.211. The number of urea groups is 1. The predicted molar refractivity (Wildman–Crippen MR) is 69.4 cm³/mol. The molecule has 1 aromatic carbocycles. The van der Waals surface area contributed by atoms with Crippen molar-refractivity contribution < 1.29 is 4.79 Å². The topological polar surface area (TPSA) is 44.7 Å². The third kappa shape index (κ3) is 2.84. The van der Waals surface area contributed by atoms with Gasteiger partial charge in [0, 0.05) is 18.4 Å². The number of anilines is 1. The first-order chi connectivity index (χ1) is 8.16. The molecule has 0 aliphatic carbocycles. The van der Waals surface area contributed by atoms with E-state index in [0.717, 1.165) is 18.5 Å². The fourth-order valence-electron chi connectivity index (χ4n) is 1.71. The molecule has 0 radical (unpaired) electrons. The van der Waals surface area contributed by atoms with Gasteiger partial charge in [-0.05, 0) is 49.9 Å². The Bertz CT molecular complexity index is 454. The largest absolute Gasteiger partial charge is 0.342 e. The summed E-state index contributed by atoms with van der Waals surface area (Å²) in [6, 6.07) is 5.73. The lowest BCUT2D eigenvalue weighted by Crippen LogP contribution is -2.33. The molecular weight excluding hydrogens is 214 g/mol. The van der Waals surface area contributed by atoms with Gasteiger partial charge in [-0.15, -0.1) is 0 Å². The molecule has 1 aromatic rings. The van der Waals surface area contributed by atoms with Crippen LogP contribution in [0, 0.1) is 13.8 Å². The number of nitrogens with zero attached hydrogens (tertiary/aromatic N) is 2. The highest BCUT2D eigenvalue weighted by atomic mass is 16.2. The van der Waals surface area contributed by atoms with Gasteiger partial charge in [0.1, 0.15) is 0 Å². The number of rotatable bonds is 1. The van der Waals surface area contributed by atoms with Gasteiger partial charge in [-0.25, -0.2) is 9.80 Å². The Morgan fingerprint density at radius 3 is 2.82 bits per heavy atom. The highest BCUT2D eigenvalue weighted by Crippen LogP contribution is 2.15. The quantitative estimate of drug-likeness (QED) is 0.793. The van der Waals surface area contributed by atoms with E-state index in [-0.39, 0.29) is 6.03 Å². The van der Waals surface area contributed by atoms with Crippen molar-refractivity contribution in [1.29, 1.82) is 0 Å². The molecule has 0 saturated heterocycles. The minimum Gasteiger partial charge on any atom is -0.306 e. The Labute approximate surface area is 101 Å². The van der Waals surface area contributed by atoms with Gasteiger partial charge in [-0.3, -0.25) is 0 Å². The molecule has 4 heteroatoms. The van der Waals surface area contributed by atoms with Crippen LogP contribution in [0.15, 0.2) is 23.3 Å². The first-order valence-electron chi connectivity index (χ1n) is 5.85. The molecule has 0 aromatic heterocycles. The second-order valence-corrected chi connectivity index (χ2v) is 4.29. The fourth-order valence-corrected chi connectivity index (χ4v) is 1.71. The molecular formula is C13H17N3O. The molecule has 0 saturated carbocycles. The SMILES string of the molecule is Cc1ccc(NC(=O)N2CCCC=N2)cc1C. The number of nitrogens with one attached hydrogen (secondary N) is 1. The number of carbonyl (C=O) groups is 1. The minimum atomic E-state index is -0.163. The van der Waals surface area contributed by atoms with Crippen LogP contribution in [0.3, 0.4) is 0 Å². The lowest BCUT2D eigenvalue weighted by Gasteiger charge is -2.20. The van der Waals surface area contributed by atoms with Gasteiger partial charge in [0.2, 0.25) is 0 Å². The first-order valence-corrected chi connectivity index (χ1v) is 5.85. The highest BCUT2D eigenvalue weighted by Gasteiger charge is 2.14. The van der Waals surface area contributed by atoms with Crippen LogP contribution in [0.4, 0.5) is 10.5 Å². The Kier molecular flexibility index (Phi) is 3.42. The van der Waals surface area contributed by atoms with Gasteiger partial charge >= 0.3 is 6.03 Å². The van der Waals surface area contributed by atoms with E-state index < -0.39 is 0 Å². The van der Waals surface area contributed by atoms with Gasteiger partial charge < -0.3 is 5.32 Å². The standard InChI is InChI=1S/C13H17N3O/c1-10-5-6-12(9-11(10)2)15-13(17)16-8-4-3-7-14-16/h5-7,9H,3-4,8H2,1-2H3,(H,15,17). The first kappa shape index (κ1) is 11.6. The number of amides is 2. The molecule has 2 rings (SSSR count). The summed E-state index contributed by atoms with van der Waals surface area (Å²) in [7, 11) is 0. The molecule has 0 spiro atoms. The second kappa shape index (κ2) is 4.99. The maximum atomic E-state index is 11.9. The maximum Gasteiger partial charge on any atom is 0.342 e. The molecule has 1 heterocycles. The van der Waals surface area contributed by atoms with Crippen molar-refractivity contribution in [2.75, 3.05) is 11.9 Å². The van der Waals surface area contributed by atoms with Crippen molar-refractivity contribution in [2.45, 2.75) is 26.7 Å². The van der Waals surface area contributed by atoms with E-state index in [0.29, 0.717) is 6.54 Å². The molecule has 4 nitrogen and oxygen atoms in total. The third-order valence-corrected chi connectivity index (χ3v) is 2.92. The molecule has 1 N–H and O–H groups in total. The van der Waals surface area contributed by atoms with E-state index in [1.807, 2.05) is 25.1 Å². The molecule has 0 unspecified atom stereocenters. The number of aryl methyl sites for hydroxylation is 2. The predicted octanol–water partition coefficient (Wildman–Crippen LogP) is 2.92. The normalized spacial score (nSPS) is 14.8. The van der Waals surface area contributed by atoms with Crippen molar-refractivity contribution in [1.82, 2.24) is 5.01 Å². The molecule has 1 aliphatic heterocycles. The zero-order valence-corrected chi connectivity index (χ0v) is 10.2. The summed E-state index contributed by atoms with van der Waals surface area (Å²) in [6.07, 6.45) is 3.71. The number of hydrazone groups is 1. The van der Waals surface area contributed by atoms with Crippen LogP contribution in [-0.4, -0.2) is 23.8 Å². The average Bonchev–Trinajstić information content (AvgIpc) is 2.35. The van der Waals surface area contributed by atoms with E-state index in [1.165, 1.54) is 16.1 Å². The summed E-state index contributed by atoms with van der Waals surface area (Å²) < 4.78 is 0. The number of benzene rings is 1. The van der Waals surface area contributed by atoms with Crippen molar-refractivity contribution in [3.8, 4) is 0 Å². The van der Waals surface area contributed by atoms with E-state index in [9.17, 15) is 4.79 Å². The van der Waals surface area contributed by atoms with Crippen LogP contribution in [0.5, 0.6) is 0 Å². The van der Waals surface area contributed by atoms with Gasteiger partial charge in [-0.1, -0.05) is 6.07 Å². The van der Waals surface area contributed by atoms with E-state index in [2.05, 4.69) is 17.3 Å².